The first-order valence-corrected chi connectivity index (χ1v) is 9.33. The number of anilines is 1. The quantitative estimate of drug-likeness (QED) is 0.736. The maximum Gasteiger partial charge on any atom is 0.126 e. The summed E-state index contributed by atoms with van der Waals surface area (Å²) >= 11 is 5.99. The second-order valence-corrected chi connectivity index (χ2v) is 7.40. The van der Waals surface area contributed by atoms with Crippen molar-refractivity contribution in [3.8, 4) is 0 Å². The van der Waals surface area contributed by atoms with Gasteiger partial charge in [0, 0.05) is 36.9 Å². The van der Waals surface area contributed by atoms with Crippen LogP contribution in [0.1, 0.15) is 29.3 Å². The van der Waals surface area contributed by atoms with Gasteiger partial charge in [-0.1, -0.05) is 29.8 Å². The third-order valence-corrected chi connectivity index (χ3v) is 5.31. The van der Waals surface area contributed by atoms with Crippen LogP contribution in [0.15, 0.2) is 42.5 Å². The Kier molecular flexibility index (Phi) is 5.98. The Hall–Kier alpha value is -1.58. The Balaban J connectivity index is 1.64. The number of piperazine rings is 1. The maximum atomic E-state index is 14.8. The van der Waals surface area contributed by atoms with E-state index >= 15 is 0 Å². The van der Waals surface area contributed by atoms with E-state index in [0.29, 0.717) is 6.42 Å². The molecule has 0 radical (unpaired) electrons. The maximum absolute atomic E-state index is 14.8. The second kappa shape index (κ2) is 8.20. The van der Waals surface area contributed by atoms with Gasteiger partial charge in [0.2, 0.25) is 0 Å². The molecule has 2 aromatic rings. The summed E-state index contributed by atoms with van der Waals surface area (Å²) < 4.78 is 14.8. The van der Waals surface area contributed by atoms with Crippen molar-refractivity contribution in [3.63, 3.8) is 0 Å². The van der Waals surface area contributed by atoms with E-state index in [1.165, 1.54) is 5.56 Å². The highest BCUT2D eigenvalue weighted by atomic mass is 35.5. The molecule has 1 aliphatic heterocycles. The average molecular weight is 361 g/mol. The molecule has 0 bridgehead atoms. The van der Waals surface area contributed by atoms with Crippen LogP contribution in [0.5, 0.6) is 0 Å². The molecule has 0 N–H and O–H groups in total. The van der Waals surface area contributed by atoms with Crippen molar-refractivity contribution < 1.29 is 4.39 Å². The Morgan fingerprint density at radius 1 is 1.08 bits per heavy atom. The summed E-state index contributed by atoms with van der Waals surface area (Å²) in [5.41, 5.74) is 4.21. The van der Waals surface area contributed by atoms with Crippen LogP contribution in [0.25, 0.3) is 0 Å². The van der Waals surface area contributed by atoms with Gasteiger partial charge < -0.3 is 9.80 Å². The van der Waals surface area contributed by atoms with E-state index < -0.39 is 6.17 Å². The molecule has 134 valence electrons. The van der Waals surface area contributed by atoms with Crippen molar-refractivity contribution in [3.05, 3.63) is 64.2 Å². The SMILES string of the molecule is Cc1cc(Cl)ccc1CC[C@H](F)c1cccc(N2CCN(C)CC2)c1. The zero-order chi connectivity index (χ0) is 17.8. The molecule has 2 aromatic carbocycles. The third-order valence-electron chi connectivity index (χ3n) is 5.07. The molecule has 0 amide bonds. The standard InChI is InChI=1S/C21H26ClFN2/c1-16-14-19(22)8-6-17(16)7-9-21(23)18-4-3-5-20(15-18)25-12-10-24(2)11-13-25/h3-6,8,14-15,21H,7,9-13H2,1-2H3/t21-/m0/s1. The van der Waals surface area contributed by atoms with Gasteiger partial charge >= 0.3 is 0 Å². The first-order valence-electron chi connectivity index (χ1n) is 8.95. The van der Waals surface area contributed by atoms with Crippen molar-refractivity contribution in [1.82, 2.24) is 4.90 Å². The number of rotatable bonds is 5. The Morgan fingerprint density at radius 2 is 1.84 bits per heavy atom. The summed E-state index contributed by atoms with van der Waals surface area (Å²) in [6.45, 7) is 6.14. The highest BCUT2D eigenvalue weighted by molar-refractivity contribution is 6.30. The van der Waals surface area contributed by atoms with Crippen LogP contribution in [0.3, 0.4) is 0 Å². The topological polar surface area (TPSA) is 6.48 Å². The van der Waals surface area contributed by atoms with E-state index in [0.717, 1.165) is 54.4 Å². The molecule has 3 rings (SSSR count). The second-order valence-electron chi connectivity index (χ2n) is 6.96. The molecule has 0 unspecified atom stereocenters. The van der Waals surface area contributed by atoms with Crippen molar-refractivity contribution in [2.75, 3.05) is 38.1 Å². The predicted molar refractivity (Wildman–Crippen MR) is 105 cm³/mol. The molecule has 2 nitrogen and oxygen atoms in total. The summed E-state index contributed by atoms with van der Waals surface area (Å²) in [4.78, 5) is 4.67. The minimum Gasteiger partial charge on any atom is -0.369 e. The molecular formula is C21H26ClFN2. The molecule has 1 saturated heterocycles. The summed E-state index contributed by atoms with van der Waals surface area (Å²) in [6.07, 6.45) is 0.278. The van der Waals surface area contributed by atoms with E-state index in [2.05, 4.69) is 22.9 Å². The van der Waals surface area contributed by atoms with Crippen LogP contribution < -0.4 is 4.90 Å². The lowest BCUT2D eigenvalue weighted by atomic mass is 9.99. The Bertz CT molecular complexity index is 711. The van der Waals surface area contributed by atoms with Crippen LogP contribution in [0.4, 0.5) is 10.1 Å². The van der Waals surface area contributed by atoms with Gasteiger partial charge in [0.25, 0.3) is 0 Å². The van der Waals surface area contributed by atoms with Crippen LogP contribution in [0, 0.1) is 6.92 Å². The van der Waals surface area contributed by atoms with Crippen molar-refractivity contribution >= 4 is 17.3 Å². The minimum absolute atomic E-state index is 0.495. The third kappa shape index (κ3) is 4.74. The van der Waals surface area contributed by atoms with Gasteiger partial charge in [0.1, 0.15) is 6.17 Å². The van der Waals surface area contributed by atoms with E-state index in [4.69, 9.17) is 11.6 Å². The van der Waals surface area contributed by atoms with Gasteiger partial charge in [-0.3, -0.25) is 0 Å². The Labute approximate surface area is 155 Å². The molecule has 0 aromatic heterocycles. The number of hydrogen-bond acceptors (Lipinski definition) is 2. The summed E-state index contributed by atoms with van der Waals surface area (Å²) in [7, 11) is 2.14. The number of alkyl halides is 1. The smallest absolute Gasteiger partial charge is 0.126 e. The van der Waals surface area contributed by atoms with Gasteiger partial charge in [-0.15, -0.1) is 0 Å². The van der Waals surface area contributed by atoms with Crippen molar-refractivity contribution in [2.45, 2.75) is 25.9 Å². The number of aryl methyl sites for hydroxylation is 2. The summed E-state index contributed by atoms with van der Waals surface area (Å²) in [6, 6.07) is 13.8. The fourth-order valence-corrected chi connectivity index (χ4v) is 3.60. The van der Waals surface area contributed by atoms with Gasteiger partial charge in [0.15, 0.2) is 0 Å². The molecule has 0 spiro atoms. The van der Waals surface area contributed by atoms with Gasteiger partial charge in [-0.05, 0) is 67.8 Å². The average Bonchev–Trinajstić information content (AvgIpc) is 2.61. The zero-order valence-corrected chi connectivity index (χ0v) is 15.8. The van der Waals surface area contributed by atoms with Crippen LogP contribution >= 0.6 is 11.6 Å². The molecule has 4 heteroatoms. The first kappa shape index (κ1) is 18.2. The molecule has 1 heterocycles. The molecule has 0 aliphatic carbocycles. The van der Waals surface area contributed by atoms with E-state index in [9.17, 15) is 4.39 Å². The van der Waals surface area contributed by atoms with E-state index in [-0.39, 0.29) is 0 Å². The molecule has 0 saturated carbocycles. The van der Waals surface area contributed by atoms with Gasteiger partial charge in [-0.2, -0.15) is 0 Å². The first-order chi connectivity index (χ1) is 12.0. The fourth-order valence-electron chi connectivity index (χ4n) is 3.37. The number of benzene rings is 2. The molecule has 1 fully saturated rings. The number of hydrogen-bond donors (Lipinski definition) is 0. The van der Waals surface area contributed by atoms with Crippen LogP contribution in [-0.4, -0.2) is 38.1 Å². The van der Waals surface area contributed by atoms with Crippen molar-refractivity contribution in [1.29, 1.82) is 0 Å². The predicted octanol–water partition coefficient (Wildman–Crippen LogP) is 5.04. The summed E-state index contributed by atoms with van der Waals surface area (Å²) in [5.74, 6) is 0. The lowest BCUT2D eigenvalue weighted by molar-refractivity contribution is 0.312. The molecular weight excluding hydrogens is 335 g/mol. The highest BCUT2D eigenvalue weighted by Gasteiger charge is 2.16. The number of nitrogens with zero attached hydrogens (tertiary/aromatic N) is 2. The lowest BCUT2D eigenvalue weighted by Crippen LogP contribution is -2.44. The van der Waals surface area contributed by atoms with E-state index in [1.54, 1.807) is 0 Å². The van der Waals surface area contributed by atoms with Gasteiger partial charge in [-0.25, -0.2) is 4.39 Å². The van der Waals surface area contributed by atoms with Gasteiger partial charge in [0.05, 0.1) is 0 Å². The molecule has 1 atom stereocenters. The number of likely N-dealkylation sites (N-methyl/N-ethyl adjacent to an activating group) is 1. The minimum atomic E-state index is -0.942. The van der Waals surface area contributed by atoms with Crippen LogP contribution in [-0.2, 0) is 6.42 Å². The highest BCUT2D eigenvalue weighted by Crippen LogP contribution is 2.28. The fraction of sp³-hybridized carbons (Fsp3) is 0.429. The van der Waals surface area contributed by atoms with Crippen LogP contribution in [0.2, 0.25) is 5.02 Å². The van der Waals surface area contributed by atoms with E-state index in [1.807, 2.05) is 43.3 Å². The Morgan fingerprint density at radius 3 is 2.56 bits per heavy atom. The summed E-state index contributed by atoms with van der Waals surface area (Å²) in [5, 5.41) is 0.734. The monoisotopic (exact) mass is 360 g/mol. The molecule has 25 heavy (non-hydrogen) atoms. The lowest BCUT2D eigenvalue weighted by Gasteiger charge is -2.34. The largest absolute Gasteiger partial charge is 0.369 e. The zero-order valence-electron chi connectivity index (χ0n) is 15.0. The molecule has 1 aliphatic rings. The number of halogens is 2. The normalized spacial score (nSPS) is 16.9. The van der Waals surface area contributed by atoms with Crippen molar-refractivity contribution in [2.24, 2.45) is 0 Å².